The highest BCUT2D eigenvalue weighted by Gasteiger charge is 2.07. The second kappa shape index (κ2) is 11.0. The third kappa shape index (κ3) is 7.48. The third-order valence-electron chi connectivity index (χ3n) is 3.98. The average Bonchev–Trinajstić information content (AvgIpc) is 2.68. The standard InChI is InChI=1S/C21H27FN4O/c1-3-23-21(26-16(2)18-7-5-4-6-8-18)25-14-13-24-20(27)15-17-9-11-19(22)12-10-17/h4-12,16H,3,13-15H2,1-2H3,(H,24,27)(H2,23,25,26). The summed E-state index contributed by atoms with van der Waals surface area (Å²) in [5, 5.41) is 9.40. The lowest BCUT2D eigenvalue weighted by molar-refractivity contribution is -0.120. The first-order valence-corrected chi connectivity index (χ1v) is 9.19. The predicted molar refractivity (Wildman–Crippen MR) is 107 cm³/mol. The lowest BCUT2D eigenvalue weighted by Crippen LogP contribution is -2.39. The number of hydrogen-bond acceptors (Lipinski definition) is 2. The summed E-state index contributed by atoms with van der Waals surface area (Å²) in [4.78, 5) is 16.4. The predicted octanol–water partition coefficient (Wildman–Crippen LogP) is 2.80. The monoisotopic (exact) mass is 370 g/mol. The second-order valence-electron chi connectivity index (χ2n) is 6.19. The maximum Gasteiger partial charge on any atom is 0.224 e. The van der Waals surface area contributed by atoms with E-state index in [1.165, 1.54) is 17.7 Å². The molecule has 2 aromatic rings. The van der Waals surface area contributed by atoms with Crippen molar-refractivity contribution >= 4 is 11.9 Å². The number of carbonyl (C=O) groups excluding carboxylic acids is 1. The summed E-state index contributed by atoms with van der Waals surface area (Å²) in [7, 11) is 0. The molecular formula is C21H27FN4O. The Bertz CT molecular complexity index is 732. The Morgan fingerprint density at radius 3 is 2.44 bits per heavy atom. The van der Waals surface area contributed by atoms with Gasteiger partial charge in [-0.05, 0) is 37.1 Å². The number of hydrogen-bond donors (Lipinski definition) is 3. The van der Waals surface area contributed by atoms with Crippen LogP contribution in [-0.2, 0) is 11.2 Å². The molecule has 144 valence electrons. The summed E-state index contributed by atoms with van der Waals surface area (Å²) >= 11 is 0. The van der Waals surface area contributed by atoms with Crippen molar-refractivity contribution in [3.05, 3.63) is 71.5 Å². The van der Waals surface area contributed by atoms with Gasteiger partial charge in [0, 0.05) is 13.1 Å². The van der Waals surface area contributed by atoms with Gasteiger partial charge in [-0.15, -0.1) is 0 Å². The van der Waals surface area contributed by atoms with Crippen molar-refractivity contribution in [1.82, 2.24) is 16.0 Å². The smallest absolute Gasteiger partial charge is 0.224 e. The molecule has 6 heteroatoms. The molecule has 0 radical (unpaired) electrons. The summed E-state index contributed by atoms with van der Waals surface area (Å²) in [5.41, 5.74) is 1.96. The van der Waals surface area contributed by atoms with E-state index < -0.39 is 0 Å². The Kier molecular flexibility index (Phi) is 8.29. The van der Waals surface area contributed by atoms with E-state index in [4.69, 9.17) is 0 Å². The molecule has 0 aliphatic rings. The van der Waals surface area contributed by atoms with Gasteiger partial charge in [0.2, 0.25) is 5.91 Å². The molecule has 0 fully saturated rings. The van der Waals surface area contributed by atoms with Gasteiger partial charge in [-0.3, -0.25) is 9.79 Å². The molecule has 0 aromatic heterocycles. The SMILES string of the molecule is CCNC(=NCCNC(=O)Cc1ccc(F)cc1)NC(C)c1ccccc1. The molecule has 1 atom stereocenters. The normalized spacial score (nSPS) is 12.3. The number of amides is 1. The molecule has 0 heterocycles. The zero-order valence-corrected chi connectivity index (χ0v) is 15.8. The lowest BCUT2D eigenvalue weighted by Gasteiger charge is -2.18. The van der Waals surface area contributed by atoms with E-state index in [0.29, 0.717) is 19.0 Å². The molecule has 0 bridgehead atoms. The van der Waals surface area contributed by atoms with Crippen LogP contribution < -0.4 is 16.0 Å². The summed E-state index contributed by atoms with van der Waals surface area (Å²) < 4.78 is 12.9. The topological polar surface area (TPSA) is 65.5 Å². The van der Waals surface area contributed by atoms with Gasteiger partial charge in [0.05, 0.1) is 19.0 Å². The van der Waals surface area contributed by atoms with Gasteiger partial charge in [-0.2, -0.15) is 0 Å². The number of halogens is 1. The van der Waals surface area contributed by atoms with Crippen LogP contribution >= 0.6 is 0 Å². The van der Waals surface area contributed by atoms with Crippen LogP contribution in [-0.4, -0.2) is 31.5 Å². The van der Waals surface area contributed by atoms with Crippen molar-refractivity contribution in [1.29, 1.82) is 0 Å². The zero-order chi connectivity index (χ0) is 19.5. The van der Waals surface area contributed by atoms with Gasteiger partial charge < -0.3 is 16.0 Å². The molecule has 0 aliphatic carbocycles. The maximum absolute atomic E-state index is 12.9. The first-order valence-electron chi connectivity index (χ1n) is 9.19. The van der Waals surface area contributed by atoms with E-state index >= 15 is 0 Å². The van der Waals surface area contributed by atoms with Crippen LogP contribution in [0.2, 0.25) is 0 Å². The minimum absolute atomic E-state index is 0.104. The molecule has 0 aliphatic heterocycles. The Balaban J connectivity index is 1.78. The van der Waals surface area contributed by atoms with Crippen molar-refractivity contribution in [3.8, 4) is 0 Å². The summed E-state index contributed by atoms with van der Waals surface area (Å²) in [6.07, 6.45) is 0.230. The number of guanidine groups is 1. The Morgan fingerprint density at radius 1 is 1.07 bits per heavy atom. The Morgan fingerprint density at radius 2 is 1.78 bits per heavy atom. The maximum atomic E-state index is 12.9. The molecule has 1 unspecified atom stereocenters. The van der Waals surface area contributed by atoms with E-state index in [2.05, 4.69) is 40.0 Å². The molecule has 0 spiro atoms. The van der Waals surface area contributed by atoms with E-state index in [0.717, 1.165) is 12.1 Å². The number of benzene rings is 2. The fraction of sp³-hybridized carbons (Fsp3) is 0.333. The number of nitrogens with zero attached hydrogens (tertiary/aromatic N) is 1. The summed E-state index contributed by atoms with van der Waals surface area (Å²) in [6.45, 7) is 5.74. The van der Waals surface area contributed by atoms with Crippen LogP contribution in [0.25, 0.3) is 0 Å². The quantitative estimate of drug-likeness (QED) is 0.380. The molecule has 0 saturated carbocycles. The fourth-order valence-electron chi connectivity index (χ4n) is 2.56. The highest BCUT2D eigenvalue weighted by atomic mass is 19.1. The first-order chi connectivity index (χ1) is 13.1. The molecule has 2 aromatic carbocycles. The average molecular weight is 370 g/mol. The van der Waals surface area contributed by atoms with Crippen LogP contribution in [0.3, 0.4) is 0 Å². The van der Waals surface area contributed by atoms with Gasteiger partial charge in [-0.25, -0.2) is 4.39 Å². The molecular weight excluding hydrogens is 343 g/mol. The van der Waals surface area contributed by atoms with Crippen LogP contribution in [0.15, 0.2) is 59.6 Å². The highest BCUT2D eigenvalue weighted by molar-refractivity contribution is 5.80. The molecule has 1 amide bonds. The van der Waals surface area contributed by atoms with E-state index in [1.54, 1.807) is 12.1 Å². The van der Waals surface area contributed by atoms with Gasteiger partial charge in [0.15, 0.2) is 5.96 Å². The van der Waals surface area contributed by atoms with Crippen LogP contribution in [0.4, 0.5) is 4.39 Å². The summed E-state index contributed by atoms with van der Waals surface area (Å²) in [5.74, 6) is 0.302. The first kappa shape index (κ1) is 20.4. The van der Waals surface area contributed by atoms with Gasteiger partial charge in [-0.1, -0.05) is 42.5 Å². The Labute approximate surface area is 160 Å². The van der Waals surface area contributed by atoms with Crippen molar-refractivity contribution < 1.29 is 9.18 Å². The number of nitrogens with one attached hydrogen (secondary N) is 3. The minimum Gasteiger partial charge on any atom is -0.357 e. The van der Waals surface area contributed by atoms with E-state index in [1.807, 2.05) is 25.1 Å². The van der Waals surface area contributed by atoms with Crippen molar-refractivity contribution in [2.75, 3.05) is 19.6 Å². The van der Waals surface area contributed by atoms with Gasteiger partial charge in [0.1, 0.15) is 5.82 Å². The van der Waals surface area contributed by atoms with E-state index in [9.17, 15) is 9.18 Å². The minimum atomic E-state index is -0.304. The van der Waals surface area contributed by atoms with Crippen LogP contribution in [0, 0.1) is 5.82 Å². The number of carbonyl (C=O) groups is 1. The fourth-order valence-corrected chi connectivity index (χ4v) is 2.56. The van der Waals surface area contributed by atoms with Crippen molar-refractivity contribution in [3.63, 3.8) is 0 Å². The number of aliphatic imine (C=N–C) groups is 1. The van der Waals surface area contributed by atoms with Crippen LogP contribution in [0.1, 0.15) is 31.0 Å². The second-order valence-corrected chi connectivity index (χ2v) is 6.19. The van der Waals surface area contributed by atoms with Gasteiger partial charge >= 0.3 is 0 Å². The van der Waals surface area contributed by atoms with Gasteiger partial charge in [0.25, 0.3) is 0 Å². The zero-order valence-electron chi connectivity index (χ0n) is 15.8. The Hall–Kier alpha value is -2.89. The molecule has 2 rings (SSSR count). The third-order valence-corrected chi connectivity index (χ3v) is 3.98. The van der Waals surface area contributed by atoms with Crippen molar-refractivity contribution in [2.24, 2.45) is 4.99 Å². The molecule has 5 nitrogen and oxygen atoms in total. The van der Waals surface area contributed by atoms with Crippen molar-refractivity contribution in [2.45, 2.75) is 26.3 Å². The lowest BCUT2D eigenvalue weighted by atomic mass is 10.1. The summed E-state index contributed by atoms with van der Waals surface area (Å²) in [6, 6.07) is 16.2. The number of rotatable bonds is 8. The molecule has 27 heavy (non-hydrogen) atoms. The highest BCUT2D eigenvalue weighted by Crippen LogP contribution is 2.10. The molecule has 3 N–H and O–H groups in total. The molecule has 0 saturated heterocycles. The van der Waals surface area contributed by atoms with E-state index in [-0.39, 0.29) is 24.2 Å². The van der Waals surface area contributed by atoms with Crippen LogP contribution in [0.5, 0.6) is 0 Å². The largest absolute Gasteiger partial charge is 0.357 e.